The van der Waals surface area contributed by atoms with Crippen LogP contribution in [-0.2, 0) is 15.9 Å². The van der Waals surface area contributed by atoms with Gasteiger partial charge in [0.1, 0.15) is 13.2 Å². The molecule has 0 unspecified atom stereocenters. The summed E-state index contributed by atoms with van der Waals surface area (Å²) in [6.45, 7) is 3.47. The van der Waals surface area contributed by atoms with Gasteiger partial charge in [-0.05, 0) is 24.1 Å². The van der Waals surface area contributed by atoms with Gasteiger partial charge in [0.05, 0.1) is 26.4 Å². The highest BCUT2D eigenvalue weighted by Gasteiger charge is 2.12. The van der Waals surface area contributed by atoms with Crippen molar-refractivity contribution in [3.63, 3.8) is 0 Å². The van der Waals surface area contributed by atoms with Crippen molar-refractivity contribution < 1.29 is 18.9 Å². The van der Waals surface area contributed by atoms with Crippen molar-refractivity contribution in [3.05, 3.63) is 60.2 Å². The Kier molecular flexibility index (Phi) is 6.51. The molecular weight excluding hydrogens is 304 g/mol. The van der Waals surface area contributed by atoms with E-state index in [4.69, 9.17) is 18.9 Å². The first-order chi connectivity index (χ1) is 11.9. The van der Waals surface area contributed by atoms with Crippen LogP contribution < -0.4 is 9.47 Å². The standard InChI is InChI=1S/C20H24O4/c1-2-6-17(7-3-1)14-18-15-21-10-12-23-19-8-4-5-9-20(19)24-13-11-22-16-18/h1-9,18H,10-16H2. The SMILES string of the molecule is c1ccc(CC2COCCOc3ccccc3OCCOC2)cc1. The van der Waals surface area contributed by atoms with Gasteiger partial charge >= 0.3 is 0 Å². The van der Waals surface area contributed by atoms with E-state index in [1.807, 2.05) is 30.3 Å². The van der Waals surface area contributed by atoms with E-state index in [0.717, 1.165) is 17.9 Å². The molecule has 4 nitrogen and oxygen atoms in total. The highest BCUT2D eigenvalue weighted by atomic mass is 16.6. The lowest BCUT2D eigenvalue weighted by Gasteiger charge is -2.17. The van der Waals surface area contributed by atoms with Gasteiger partial charge in [-0.3, -0.25) is 0 Å². The fraction of sp³-hybridized carbons (Fsp3) is 0.400. The van der Waals surface area contributed by atoms with Gasteiger partial charge in [-0.25, -0.2) is 0 Å². The molecule has 0 saturated heterocycles. The van der Waals surface area contributed by atoms with Crippen LogP contribution in [0.3, 0.4) is 0 Å². The molecule has 0 spiro atoms. The summed E-state index contributed by atoms with van der Waals surface area (Å²) in [6.07, 6.45) is 0.947. The molecule has 0 aromatic heterocycles. The maximum absolute atomic E-state index is 5.80. The topological polar surface area (TPSA) is 36.9 Å². The molecule has 0 atom stereocenters. The first-order valence-corrected chi connectivity index (χ1v) is 8.46. The number of hydrogen-bond acceptors (Lipinski definition) is 4. The number of benzene rings is 2. The van der Waals surface area contributed by atoms with Crippen LogP contribution >= 0.6 is 0 Å². The first-order valence-electron chi connectivity index (χ1n) is 8.46. The summed E-state index contributed by atoms with van der Waals surface area (Å²) in [6, 6.07) is 18.1. The highest BCUT2D eigenvalue weighted by molar-refractivity contribution is 5.39. The Morgan fingerprint density at radius 2 is 1.21 bits per heavy atom. The summed E-state index contributed by atoms with van der Waals surface area (Å²) in [7, 11) is 0. The molecule has 1 aliphatic rings. The summed E-state index contributed by atoms with van der Waals surface area (Å²) >= 11 is 0. The second kappa shape index (κ2) is 9.30. The van der Waals surface area contributed by atoms with Crippen LogP contribution in [0.4, 0.5) is 0 Å². The zero-order chi connectivity index (χ0) is 16.5. The zero-order valence-corrected chi connectivity index (χ0v) is 13.9. The molecule has 0 bridgehead atoms. The second-order valence-electron chi connectivity index (χ2n) is 5.85. The van der Waals surface area contributed by atoms with E-state index >= 15 is 0 Å². The Morgan fingerprint density at radius 1 is 0.667 bits per heavy atom. The van der Waals surface area contributed by atoms with Crippen molar-refractivity contribution in [1.82, 2.24) is 0 Å². The van der Waals surface area contributed by atoms with E-state index in [1.165, 1.54) is 5.56 Å². The molecule has 3 rings (SSSR count). The lowest BCUT2D eigenvalue weighted by Crippen LogP contribution is -2.21. The van der Waals surface area contributed by atoms with Crippen LogP contribution in [0.2, 0.25) is 0 Å². The first kappa shape index (κ1) is 16.8. The zero-order valence-electron chi connectivity index (χ0n) is 13.9. The Hall–Kier alpha value is -2.04. The smallest absolute Gasteiger partial charge is 0.161 e. The van der Waals surface area contributed by atoms with Gasteiger partial charge in [0.15, 0.2) is 11.5 Å². The molecule has 24 heavy (non-hydrogen) atoms. The van der Waals surface area contributed by atoms with Gasteiger partial charge < -0.3 is 18.9 Å². The number of hydrogen-bond donors (Lipinski definition) is 0. The molecular formula is C20H24O4. The minimum atomic E-state index is 0.329. The van der Waals surface area contributed by atoms with Crippen LogP contribution in [0.1, 0.15) is 5.56 Å². The molecule has 4 heteroatoms. The molecule has 0 fully saturated rings. The Bertz CT molecular complexity index is 567. The quantitative estimate of drug-likeness (QED) is 0.847. The highest BCUT2D eigenvalue weighted by Crippen LogP contribution is 2.26. The number of rotatable bonds is 2. The average Bonchev–Trinajstić information content (AvgIpc) is 2.64. The third-order valence-electron chi connectivity index (χ3n) is 3.89. The predicted octanol–water partition coefficient (Wildman–Crippen LogP) is 3.35. The summed E-state index contributed by atoms with van der Waals surface area (Å²) in [5, 5.41) is 0. The fourth-order valence-electron chi connectivity index (χ4n) is 2.72. The van der Waals surface area contributed by atoms with Crippen molar-refractivity contribution in [2.45, 2.75) is 6.42 Å². The Balaban J connectivity index is 1.56. The van der Waals surface area contributed by atoms with Gasteiger partial charge in [0, 0.05) is 5.92 Å². The molecule has 0 aliphatic carbocycles. The van der Waals surface area contributed by atoms with Gasteiger partial charge in [-0.15, -0.1) is 0 Å². The van der Waals surface area contributed by atoms with E-state index in [2.05, 4.69) is 24.3 Å². The minimum Gasteiger partial charge on any atom is -0.487 e. The Morgan fingerprint density at radius 3 is 1.79 bits per heavy atom. The van der Waals surface area contributed by atoms with Crippen LogP contribution in [0.15, 0.2) is 54.6 Å². The van der Waals surface area contributed by atoms with Gasteiger partial charge in [-0.1, -0.05) is 42.5 Å². The number of para-hydroxylation sites is 2. The summed E-state index contributed by atoms with van der Waals surface area (Å²) in [4.78, 5) is 0. The molecule has 0 N–H and O–H groups in total. The predicted molar refractivity (Wildman–Crippen MR) is 92.7 cm³/mol. The average molecular weight is 328 g/mol. The molecule has 2 aromatic carbocycles. The van der Waals surface area contributed by atoms with Crippen molar-refractivity contribution in [1.29, 1.82) is 0 Å². The van der Waals surface area contributed by atoms with Gasteiger partial charge in [0.25, 0.3) is 0 Å². The third kappa shape index (κ3) is 5.25. The van der Waals surface area contributed by atoms with Gasteiger partial charge in [-0.2, -0.15) is 0 Å². The number of fused-ring (bicyclic) bond motifs is 1. The monoisotopic (exact) mass is 328 g/mol. The molecule has 0 saturated carbocycles. The van der Waals surface area contributed by atoms with Crippen molar-refractivity contribution >= 4 is 0 Å². The van der Waals surface area contributed by atoms with E-state index in [-0.39, 0.29) is 0 Å². The summed E-state index contributed by atoms with van der Waals surface area (Å²) in [5.41, 5.74) is 1.30. The van der Waals surface area contributed by atoms with Crippen LogP contribution in [0, 0.1) is 5.92 Å². The summed E-state index contributed by atoms with van der Waals surface area (Å²) < 4.78 is 23.1. The van der Waals surface area contributed by atoms with Gasteiger partial charge in [0.2, 0.25) is 0 Å². The molecule has 1 aliphatic heterocycles. The molecule has 0 amide bonds. The minimum absolute atomic E-state index is 0.329. The van der Waals surface area contributed by atoms with Crippen LogP contribution in [0.25, 0.3) is 0 Å². The molecule has 1 heterocycles. The Labute approximate surface area is 143 Å². The van der Waals surface area contributed by atoms with Crippen molar-refractivity contribution in [3.8, 4) is 11.5 Å². The lowest BCUT2D eigenvalue weighted by molar-refractivity contribution is 0.0257. The van der Waals surface area contributed by atoms with Crippen LogP contribution in [-0.4, -0.2) is 39.6 Å². The molecule has 2 aromatic rings. The van der Waals surface area contributed by atoms with E-state index < -0.39 is 0 Å². The number of ether oxygens (including phenoxy) is 4. The molecule has 128 valence electrons. The third-order valence-corrected chi connectivity index (χ3v) is 3.89. The van der Waals surface area contributed by atoms with Crippen molar-refractivity contribution in [2.75, 3.05) is 39.6 Å². The van der Waals surface area contributed by atoms with Crippen molar-refractivity contribution in [2.24, 2.45) is 5.92 Å². The van der Waals surface area contributed by atoms with E-state index in [9.17, 15) is 0 Å². The molecule has 0 radical (unpaired) electrons. The van der Waals surface area contributed by atoms with E-state index in [1.54, 1.807) is 0 Å². The maximum atomic E-state index is 5.80. The second-order valence-corrected chi connectivity index (χ2v) is 5.85. The summed E-state index contributed by atoms with van der Waals surface area (Å²) in [5.74, 6) is 1.83. The largest absolute Gasteiger partial charge is 0.487 e. The maximum Gasteiger partial charge on any atom is 0.161 e. The van der Waals surface area contributed by atoms with Crippen LogP contribution in [0.5, 0.6) is 11.5 Å². The lowest BCUT2D eigenvalue weighted by atomic mass is 10.0. The normalized spacial score (nSPS) is 17.3. The van der Waals surface area contributed by atoms with E-state index in [0.29, 0.717) is 45.6 Å². The fourth-order valence-corrected chi connectivity index (χ4v) is 2.72.